The van der Waals surface area contributed by atoms with Crippen LogP contribution in [0.15, 0.2) is 43.0 Å². The Morgan fingerprint density at radius 2 is 1.43 bits per heavy atom. The van der Waals surface area contributed by atoms with Crippen LogP contribution in [0.4, 0.5) is 0 Å². The lowest BCUT2D eigenvalue weighted by Gasteiger charge is -2.09. The number of phenols is 2. The van der Waals surface area contributed by atoms with Gasteiger partial charge in [-0.05, 0) is 44.9 Å². The van der Waals surface area contributed by atoms with E-state index in [9.17, 15) is 19.8 Å². The van der Waals surface area contributed by atoms with E-state index in [1.807, 2.05) is 13.0 Å². The Balaban J connectivity index is 0.000000300. The van der Waals surface area contributed by atoms with Gasteiger partial charge in [-0.3, -0.25) is 0 Å². The molecule has 0 aliphatic heterocycles. The molecule has 6 heteroatoms. The molecule has 0 heterocycles. The van der Waals surface area contributed by atoms with Gasteiger partial charge in [-0.1, -0.05) is 30.4 Å². The summed E-state index contributed by atoms with van der Waals surface area (Å²) < 4.78 is 9.21. The maximum absolute atomic E-state index is 11.3. The number of aromatic hydroxyl groups is 2. The quantitative estimate of drug-likeness (QED) is 0.544. The van der Waals surface area contributed by atoms with Crippen LogP contribution >= 0.6 is 0 Å². The van der Waals surface area contributed by atoms with E-state index in [4.69, 9.17) is 0 Å². The van der Waals surface area contributed by atoms with Gasteiger partial charge in [0, 0.05) is 16.7 Å². The average molecular weight is 412 g/mol. The van der Waals surface area contributed by atoms with Crippen LogP contribution in [0.1, 0.15) is 49.9 Å². The van der Waals surface area contributed by atoms with Crippen LogP contribution in [-0.2, 0) is 15.9 Å². The zero-order valence-corrected chi connectivity index (χ0v) is 18.0. The van der Waals surface area contributed by atoms with Crippen molar-refractivity contribution in [2.45, 2.75) is 27.2 Å². The molecule has 6 nitrogen and oxygen atoms in total. The first kappa shape index (κ1) is 24.5. The van der Waals surface area contributed by atoms with Gasteiger partial charge in [0.2, 0.25) is 0 Å². The highest BCUT2D eigenvalue weighted by atomic mass is 16.5. The Bertz CT molecular complexity index is 957. The van der Waals surface area contributed by atoms with Gasteiger partial charge in [-0.2, -0.15) is 0 Å². The minimum atomic E-state index is -0.437. The number of carbonyl (C=O) groups is 2. The van der Waals surface area contributed by atoms with Gasteiger partial charge in [-0.25, -0.2) is 9.59 Å². The molecule has 0 atom stereocenters. The predicted molar refractivity (Wildman–Crippen MR) is 117 cm³/mol. The van der Waals surface area contributed by atoms with Crippen LogP contribution in [0, 0.1) is 13.8 Å². The zero-order chi connectivity index (χ0) is 22.8. The standard InChI is InChI=1S/2C12H14O3/c2*1-4-5-9-6-7-10(12(14)15-3)8(2)11(9)13/h4-7,13H,1-3H3;4,6-7,13H,1,5H2,2-3H3. The van der Waals surface area contributed by atoms with Gasteiger partial charge in [-0.15, -0.1) is 6.58 Å². The van der Waals surface area contributed by atoms with Crippen molar-refractivity contribution in [3.05, 3.63) is 76.4 Å². The first-order chi connectivity index (χ1) is 14.2. The first-order valence-electron chi connectivity index (χ1n) is 9.27. The minimum Gasteiger partial charge on any atom is -0.507 e. The molecule has 2 aromatic rings. The molecule has 0 aliphatic carbocycles. The normalized spacial score (nSPS) is 10.2. The molecule has 0 bridgehead atoms. The highest BCUT2D eigenvalue weighted by molar-refractivity contribution is 5.92. The fourth-order valence-electron chi connectivity index (χ4n) is 2.77. The molecule has 0 saturated carbocycles. The summed E-state index contributed by atoms with van der Waals surface area (Å²) in [5.41, 5.74) is 3.32. The van der Waals surface area contributed by atoms with Gasteiger partial charge in [0.25, 0.3) is 0 Å². The summed E-state index contributed by atoms with van der Waals surface area (Å²) >= 11 is 0. The maximum Gasteiger partial charge on any atom is 0.338 e. The number of methoxy groups -OCH3 is 2. The highest BCUT2D eigenvalue weighted by Gasteiger charge is 2.14. The lowest BCUT2D eigenvalue weighted by atomic mass is 10.0. The summed E-state index contributed by atoms with van der Waals surface area (Å²) in [6.07, 6.45) is 5.89. The van der Waals surface area contributed by atoms with Crippen molar-refractivity contribution < 1.29 is 29.3 Å². The second-order valence-corrected chi connectivity index (χ2v) is 6.40. The monoisotopic (exact) mass is 412 g/mol. The van der Waals surface area contributed by atoms with E-state index in [1.54, 1.807) is 50.3 Å². The van der Waals surface area contributed by atoms with E-state index in [-0.39, 0.29) is 11.5 Å². The Morgan fingerprint density at radius 1 is 0.933 bits per heavy atom. The number of esters is 2. The maximum atomic E-state index is 11.3. The first-order valence-corrected chi connectivity index (χ1v) is 9.27. The molecule has 0 saturated heterocycles. The second-order valence-electron chi connectivity index (χ2n) is 6.40. The third kappa shape index (κ3) is 5.73. The number of phenolic OH excluding ortho intramolecular Hbond substituents is 2. The zero-order valence-electron chi connectivity index (χ0n) is 18.0. The van der Waals surface area contributed by atoms with Crippen molar-refractivity contribution in [1.29, 1.82) is 0 Å². The van der Waals surface area contributed by atoms with E-state index in [2.05, 4.69) is 16.1 Å². The molecule has 2 rings (SSSR count). The number of hydrogen-bond acceptors (Lipinski definition) is 6. The van der Waals surface area contributed by atoms with Crippen LogP contribution in [0.5, 0.6) is 11.5 Å². The van der Waals surface area contributed by atoms with E-state index < -0.39 is 11.9 Å². The van der Waals surface area contributed by atoms with Gasteiger partial charge >= 0.3 is 11.9 Å². The lowest BCUT2D eigenvalue weighted by molar-refractivity contribution is 0.0590. The van der Waals surface area contributed by atoms with Crippen LogP contribution in [0.3, 0.4) is 0 Å². The van der Waals surface area contributed by atoms with Crippen molar-refractivity contribution in [3.63, 3.8) is 0 Å². The van der Waals surface area contributed by atoms with Gasteiger partial charge in [0.05, 0.1) is 25.3 Å². The van der Waals surface area contributed by atoms with E-state index >= 15 is 0 Å². The molecule has 0 aliphatic rings. The molecule has 0 radical (unpaired) electrons. The van der Waals surface area contributed by atoms with Gasteiger partial charge in [0.15, 0.2) is 0 Å². The number of ether oxygens (including phenoxy) is 2. The number of rotatable bonds is 5. The number of allylic oxidation sites excluding steroid dienone is 2. The molecule has 0 amide bonds. The smallest absolute Gasteiger partial charge is 0.338 e. The van der Waals surface area contributed by atoms with E-state index in [0.29, 0.717) is 34.2 Å². The van der Waals surface area contributed by atoms with Crippen molar-refractivity contribution >= 4 is 18.0 Å². The Hall–Kier alpha value is -3.54. The Kier molecular flexibility index (Phi) is 9.36. The summed E-state index contributed by atoms with van der Waals surface area (Å²) in [6.45, 7) is 8.84. The summed E-state index contributed by atoms with van der Waals surface area (Å²) in [4.78, 5) is 22.6. The number of benzene rings is 2. The molecule has 0 unspecified atom stereocenters. The summed E-state index contributed by atoms with van der Waals surface area (Å²) in [5, 5.41) is 19.6. The largest absolute Gasteiger partial charge is 0.507 e. The van der Waals surface area contributed by atoms with Crippen molar-refractivity contribution in [2.75, 3.05) is 14.2 Å². The summed E-state index contributed by atoms with van der Waals surface area (Å²) in [6, 6.07) is 6.70. The molecule has 2 aromatic carbocycles. The Morgan fingerprint density at radius 3 is 1.90 bits per heavy atom. The van der Waals surface area contributed by atoms with Gasteiger partial charge in [0.1, 0.15) is 11.5 Å². The van der Waals surface area contributed by atoms with Crippen LogP contribution < -0.4 is 0 Å². The fourth-order valence-corrected chi connectivity index (χ4v) is 2.77. The number of hydrogen-bond donors (Lipinski definition) is 2. The highest BCUT2D eigenvalue weighted by Crippen LogP contribution is 2.27. The molecule has 0 aromatic heterocycles. The molecule has 0 fully saturated rings. The van der Waals surface area contributed by atoms with Crippen molar-refractivity contribution in [1.82, 2.24) is 0 Å². The topological polar surface area (TPSA) is 93.1 Å². The lowest BCUT2D eigenvalue weighted by Crippen LogP contribution is -2.04. The van der Waals surface area contributed by atoms with Crippen molar-refractivity contribution in [3.8, 4) is 11.5 Å². The third-order valence-electron chi connectivity index (χ3n) is 4.50. The second kappa shape index (κ2) is 11.5. The third-order valence-corrected chi connectivity index (χ3v) is 4.50. The average Bonchev–Trinajstić information content (AvgIpc) is 2.74. The molecule has 160 valence electrons. The van der Waals surface area contributed by atoms with Crippen molar-refractivity contribution in [2.24, 2.45) is 0 Å². The molecule has 0 spiro atoms. The molecular weight excluding hydrogens is 384 g/mol. The fraction of sp³-hybridized carbons (Fsp3) is 0.250. The van der Waals surface area contributed by atoms with E-state index in [0.717, 1.165) is 5.56 Å². The van der Waals surface area contributed by atoms with Crippen LogP contribution in [0.2, 0.25) is 0 Å². The number of carbonyl (C=O) groups excluding carboxylic acids is 2. The van der Waals surface area contributed by atoms with E-state index in [1.165, 1.54) is 14.2 Å². The van der Waals surface area contributed by atoms with Crippen LogP contribution in [-0.4, -0.2) is 36.4 Å². The SMILES string of the molecule is C=CCc1ccc(C(=O)OC)c(C)c1O.CC=Cc1ccc(C(=O)OC)c(C)c1O. The predicted octanol–water partition coefficient (Wildman–Crippen LogP) is 4.74. The molecule has 30 heavy (non-hydrogen) atoms. The minimum absolute atomic E-state index is 0.121. The van der Waals surface area contributed by atoms with Crippen LogP contribution in [0.25, 0.3) is 6.08 Å². The summed E-state index contributed by atoms with van der Waals surface area (Å²) in [7, 11) is 2.63. The van der Waals surface area contributed by atoms with Gasteiger partial charge < -0.3 is 19.7 Å². The Labute approximate surface area is 177 Å². The molecule has 2 N–H and O–H groups in total. The summed E-state index contributed by atoms with van der Waals surface area (Å²) in [5.74, 6) is -0.614. The molecular formula is C24H28O6.